The highest BCUT2D eigenvalue weighted by molar-refractivity contribution is 6.06. The Balaban J connectivity index is 1.69. The van der Waals surface area contributed by atoms with Crippen LogP contribution in [0.3, 0.4) is 0 Å². The molecule has 0 unspecified atom stereocenters. The molecular weight excluding hydrogens is 398 g/mol. The van der Waals surface area contributed by atoms with E-state index in [1.807, 2.05) is 0 Å². The summed E-state index contributed by atoms with van der Waals surface area (Å²) < 4.78 is 11.5. The number of nitrogens with one attached hydrogen (secondary N) is 2. The predicted octanol–water partition coefficient (Wildman–Crippen LogP) is 2.95. The van der Waals surface area contributed by atoms with Crippen LogP contribution in [0.5, 0.6) is 11.5 Å². The number of hydrogen-bond acceptors (Lipinski definition) is 5. The molecule has 4 aromatic rings. The van der Waals surface area contributed by atoms with Crippen LogP contribution in [-0.4, -0.2) is 29.7 Å². The first kappa shape index (κ1) is 20.0. The second-order valence-corrected chi connectivity index (χ2v) is 6.69. The molecule has 156 valence electrons. The third-order valence-electron chi connectivity index (χ3n) is 4.82. The van der Waals surface area contributed by atoms with Crippen molar-refractivity contribution in [2.24, 2.45) is 0 Å². The zero-order valence-electron chi connectivity index (χ0n) is 16.8. The molecule has 3 aromatic carbocycles. The second-order valence-electron chi connectivity index (χ2n) is 6.69. The van der Waals surface area contributed by atoms with Gasteiger partial charge in [0.15, 0.2) is 11.5 Å². The Hall–Kier alpha value is -4.33. The maximum absolute atomic E-state index is 12.9. The number of nitrogens with zero attached hydrogens (tertiary/aromatic N) is 1. The Labute approximate surface area is 176 Å². The smallest absolute Gasteiger partial charge is 0.333 e. The van der Waals surface area contributed by atoms with Gasteiger partial charge < -0.3 is 19.8 Å². The Morgan fingerprint density at radius 1 is 0.903 bits per heavy atom. The molecule has 4 rings (SSSR count). The number of carbonyl (C=O) groups is 1. The van der Waals surface area contributed by atoms with Gasteiger partial charge in [-0.2, -0.15) is 0 Å². The summed E-state index contributed by atoms with van der Waals surface area (Å²) in [5.74, 6) is 0.616. The molecule has 1 heterocycles. The fourth-order valence-electron chi connectivity index (χ4n) is 3.29. The van der Waals surface area contributed by atoms with Gasteiger partial charge >= 0.3 is 5.69 Å². The standard InChI is InChI=1S/C23H19N3O5/c1-30-19-11-9-15(13-20(19)31-2)24-21(27)14-8-10-17-18(12-14)25-23(29)26(22(17)28)16-6-4-3-5-7-16/h3-13H,1-2H3,(H,24,27)(H,25,29). The summed E-state index contributed by atoms with van der Waals surface area (Å²) in [5, 5.41) is 3.06. The van der Waals surface area contributed by atoms with E-state index in [-0.39, 0.29) is 11.1 Å². The summed E-state index contributed by atoms with van der Waals surface area (Å²) in [4.78, 5) is 40.8. The van der Waals surface area contributed by atoms with E-state index in [1.165, 1.54) is 32.4 Å². The van der Waals surface area contributed by atoms with Gasteiger partial charge in [-0.1, -0.05) is 18.2 Å². The van der Waals surface area contributed by atoms with Gasteiger partial charge in [-0.25, -0.2) is 9.36 Å². The number of methoxy groups -OCH3 is 2. The number of anilines is 1. The van der Waals surface area contributed by atoms with Crippen LogP contribution in [0.2, 0.25) is 0 Å². The first-order valence-electron chi connectivity index (χ1n) is 9.39. The molecule has 1 aromatic heterocycles. The van der Waals surface area contributed by atoms with E-state index in [1.54, 1.807) is 48.5 Å². The maximum atomic E-state index is 12.9. The van der Waals surface area contributed by atoms with E-state index in [9.17, 15) is 14.4 Å². The SMILES string of the molecule is COc1ccc(NC(=O)c2ccc3c(=O)n(-c4ccccc4)c(=O)[nH]c3c2)cc1OC. The van der Waals surface area contributed by atoms with Crippen molar-refractivity contribution in [1.29, 1.82) is 0 Å². The van der Waals surface area contributed by atoms with Crippen molar-refractivity contribution >= 4 is 22.5 Å². The number of aromatic nitrogens is 2. The highest BCUT2D eigenvalue weighted by Crippen LogP contribution is 2.30. The third kappa shape index (κ3) is 3.78. The lowest BCUT2D eigenvalue weighted by molar-refractivity contribution is 0.102. The van der Waals surface area contributed by atoms with Crippen LogP contribution in [0, 0.1) is 0 Å². The van der Waals surface area contributed by atoms with E-state index in [0.29, 0.717) is 28.3 Å². The number of aromatic amines is 1. The number of fused-ring (bicyclic) bond motifs is 1. The Morgan fingerprint density at radius 3 is 2.35 bits per heavy atom. The topological polar surface area (TPSA) is 102 Å². The largest absolute Gasteiger partial charge is 0.493 e. The second kappa shape index (κ2) is 8.19. The Bertz CT molecular complexity index is 1390. The summed E-state index contributed by atoms with van der Waals surface area (Å²) in [6.07, 6.45) is 0. The van der Waals surface area contributed by atoms with Gasteiger partial charge in [-0.3, -0.25) is 9.59 Å². The molecule has 31 heavy (non-hydrogen) atoms. The minimum absolute atomic E-state index is 0.280. The van der Waals surface area contributed by atoms with Gasteiger partial charge in [0.25, 0.3) is 11.5 Å². The number of hydrogen-bond donors (Lipinski definition) is 2. The van der Waals surface area contributed by atoms with E-state index >= 15 is 0 Å². The van der Waals surface area contributed by atoms with E-state index < -0.39 is 17.2 Å². The summed E-state index contributed by atoms with van der Waals surface area (Å²) in [7, 11) is 3.03. The molecule has 0 spiro atoms. The number of ether oxygens (including phenoxy) is 2. The number of benzene rings is 3. The summed E-state index contributed by atoms with van der Waals surface area (Å²) in [6, 6.07) is 18.2. The minimum Gasteiger partial charge on any atom is -0.493 e. The number of carbonyl (C=O) groups excluding carboxylic acids is 1. The normalized spacial score (nSPS) is 10.6. The molecule has 0 radical (unpaired) electrons. The molecule has 8 nitrogen and oxygen atoms in total. The van der Waals surface area contributed by atoms with Crippen molar-refractivity contribution < 1.29 is 14.3 Å². The predicted molar refractivity (Wildman–Crippen MR) is 118 cm³/mol. The van der Waals surface area contributed by atoms with E-state index in [0.717, 1.165) is 4.57 Å². The summed E-state index contributed by atoms with van der Waals surface area (Å²) in [5.41, 5.74) is 0.497. The molecule has 0 aliphatic rings. The van der Waals surface area contributed by atoms with Crippen LogP contribution in [-0.2, 0) is 0 Å². The van der Waals surface area contributed by atoms with Crippen LogP contribution >= 0.6 is 0 Å². The molecule has 8 heteroatoms. The Morgan fingerprint density at radius 2 is 1.65 bits per heavy atom. The quantitative estimate of drug-likeness (QED) is 0.520. The third-order valence-corrected chi connectivity index (χ3v) is 4.82. The van der Waals surface area contributed by atoms with Crippen molar-refractivity contribution in [2.75, 3.05) is 19.5 Å². The highest BCUT2D eigenvalue weighted by atomic mass is 16.5. The van der Waals surface area contributed by atoms with Gasteiger partial charge in [0.05, 0.1) is 30.8 Å². The van der Waals surface area contributed by atoms with Gasteiger partial charge in [0.1, 0.15) is 0 Å². The molecule has 0 aliphatic heterocycles. The summed E-state index contributed by atoms with van der Waals surface area (Å²) in [6.45, 7) is 0. The first-order valence-corrected chi connectivity index (χ1v) is 9.39. The zero-order chi connectivity index (χ0) is 22.0. The monoisotopic (exact) mass is 417 g/mol. The molecule has 0 fully saturated rings. The molecule has 1 amide bonds. The number of H-pyrrole nitrogens is 1. The Kier molecular flexibility index (Phi) is 5.28. The number of rotatable bonds is 5. The van der Waals surface area contributed by atoms with E-state index in [4.69, 9.17) is 9.47 Å². The van der Waals surface area contributed by atoms with Crippen LogP contribution in [0.4, 0.5) is 5.69 Å². The van der Waals surface area contributed by atoms with Crippen LogP contribution in [0.15, 0.2) is 76.3 Å². The fourth-order valence-corrected chi connectivity index (χ4v) is 3.29. The number of para-hydroxylation sites is 1. The van der Waals surface area contributed by atoms with Crippen molar-refractivity contribution in [3.05, 3.63) is 93.1 Å². The van der Waals surface area contributed by atoms with Crippen LogP contribution < -0.4 is 26.0 Å². The van der Waals surface area contributed by atoms with E-state index in [2.05, 4.69) is 10.3 Å². The lowest BCUT2D eigenvalue weighted by Crippen LogP contribution is -2.33. The van der Waals surface area contributed by atoms with Crippen molar-refractivity contribution in [3.63, 3.8) is 0 Å². The van der Waals surface area contributed by atoms with Gasteiger partial charge in [-0.15, -0.1) is 0 Å². The average molecular weight is 417 g/mol. The molecule has 2 N–H and O–H groups in total. The molecular formula is C23H19N3O5. The van der Waals surface area contributed by atoms with Gasteiger partial charge in [0.2, 0.25) is 0 Å². The zero-order valence-corrected chi connectivity index (χ0v) is 16.8. The molecule has 0 saturated heterocycles. The molecule has 0 saturated carbocycles. The minimum atomic E-state index is -0.582. The lowest BCUT2D eigenvalue weighted by atomic mass is 10.1. The highest BCUT2D eigenvalue weighted by Gasteiger charge is 2.13. The fraction of sp³-hybridized carbons (Fsp3) is 0.0870. The summed E-state index contributed by atoms with van der Waals surface area (Å²) >= 11 is 0. The lowest BCUT2D eigenvalue weighted by Gasteiger charge is -2.11. The van der Waals surface area contributed by atoms with Crippen molar-refractivity contribution in [1.82, 2.24) is 9.55 Å². The maximum Gasteiger partial charge on any atom is 0.333 e. The van der Waals surface area contributed by atoms with Crippen LogP contribution in [0.1, 0.15) is 10.4 Å². The van der Waals surface area contributed by atoms with Gasteiger partial charge in [0, 0.05) is 17.3 Å². The average Bonchev–Trinajstić information content (AvgIpc) is 2.79. The first-order chi connectivity index (χ1) is 15.0. The molecule has 0 atom stereocenters. The van der Waals surface area contributed by atoms with Crippen molar-refractivity contribution in [3.8, 4) is 17.2 Å². The molecule has 0 aliphatic carbocycles. The van der Waals surface area contributed by atoms with Gasteiger partial charge in [-0.05, 0) is 42.5 Å². The number of amides is 1. The van der Waals surface area contributed by atoms with Crippen LogP contribution in [0.25, 0.3) is 16.6 Å². The molecule has 0 bridgehead atoms. The van der Waals surface area contributed by atoms with Crippen molar-refractivity contribution in [2.45, 2.75) is 0 Å².